The van der Waals surface area contributed by atoms with Crippen molar-refractivity contribution in [1.82, 2.24) is 0 Å². The van der Waals surface area contributed by atoms with E-state index in [1.54, 1.807) is 25.5 Å². The van der Waals surface area contributed by atoms with E-state index in [0.29, 0.717) is 11.4 Å². The summed E-state index contributed by atoms with van der Waals surface area (Å²) in [6.07, 6.45) is 1.57. The Kier molecular flexibility index (Phi) is 5.54. The van der Waals surface area contributed by atoms with E-state index < -0.39 is 0 Å². The molecule has 5 nitrogen and oxygen atoms in total. The number of hydrogen-bond donors (Lipinski definition) is 1. The maximum absolute atomic E-state index is 11.8. The highest BCUT2D eigenvalue weighted by Gasteiger charge is 2.06. The van der Waals surface area contributed by atoms with Crippen molar-refractivity contribution in [1.29, 1.82) is 0 Å². The van der Waals surface area contributed by atoms with Crippen molar-refractivity contribution in [2.75, 3.05) is 19.0 Å². The van der Waals surface area contributed by atoms with E-state index in [1.165, 1.54) is 5.56 Å². The van der Waals surface area contributed by atoms with Crippen molar-refractivity contribution >= 4 is 17.8 Å². The van der Waals surface area contributed by atoms with Gasteiger partial charge in [0.1, 0.15) is 5.75 Å². The Bertz CT molecular complexity index is 651. The summed E-state index contributed by atoms with van der Waals surface area (Å²) in [5.41, 5.74) is 2.69. The minimum Gasteiger partial charge on any atom is -0.495 e. The average molecular weight is 298 g/mol. The summed E-state index contributed by atoms with van der Waals surface area (Å²) in [5.74, 6) is 0.296. The van der Waals surface area contributed by atoms with E-state index in [1.807, 2.05) is 43.3 Å². The van der Waals surface area contributed by atoms with Crippen LogP contribution in [0.3, 0.4) is 0 Å². The number of carbonyl (C=O) groups excluding carboxylic acids is 1. The van der Waals surface area contributed by atoms with Gasteiger partial charge in [0.2, 0.25) is 0 Å². The minimum atomic E-state index is -0.300. The van der Waals surface area contributed by atoms with E-state index in [2.05, 4.69) is 10.5 Å². The first kappa shape index (κ1) is 15.6. The summed E-state index contributed by atoms with van der Waals surface area (Å²) < 4.78 is 5.15. The molecule has 0 unspecified atom stereocenters. The lowest BCUT2D eigenvalue weighted by atomic mass is 10.2. The third-order valence-electron chi connectivity index (χ3n) is 2.93. The Labute approximate surface area is 129 Å². The van der Waals surface area contributed by atoms with Gasteiger partial charge in [-0.05, 0) is 24.6 Å². The van der Waals surface area contributed by atoms with Crippen LogP contribution in [0.2, 0.25) is 0 Å². The molecular weight excluding hydrogens is 280 g/mol. The molecule has 2 rings (SSSR count). The maximum atomic E-state index is 11.8. The Morgan fingerprint density at radius 3 is 2.64 bits per heavy atom. The van der Waals surface area contributed by atoms with Gasteiger partial charge in [0, 0.05) is 0 Å². The van der Waals surface area contributed by atoms with Crippen molar-refractivity contribution in [2.24, 2.45) is 5.16 Å². The third kappa shape index (κ3) is 4.63. The molecule has 0 heterocycles. The highest BCUT2D eigenvalue weighted by atomic mass is 16.6. The summed E-state index contributed by atoms with van der Waals surface area (Å²) in [6.45, 7) is 1.85. The number of hydrogen-bond acceptors (Lipinski definition) is 4. The first-order chi connectivity index (χ1) is 10.7. The molecular formula is C17H18N2O3. The maximum Gasteiger partial charge on any atom is 0.265 e. The number of anilines is 1. The number of carbonyl (C=O) groups is 1. The molecule has 0 fully saturated rings. The molecule has 5 heteroatoms. The standard InChI is InChI=1S/C17H18N2O3/c1-13-7-9-14(10-8-13)11-18-22-12-17(20)19-15-5-3-4-6-16(15)21-2/h3-11H,12H2,1-2H3,(H,19,20)/b18-11-. The molecule has 0 aliphatic rings. The second-order valence-electron chi connectivity index (χ2n) is 4.67. The predicted octanol–water partition coefficient (Wildman–Crippen LogP) is 2.99. The lowest BCUT2D eigenvalue weighted by Crippen LogP contribution is -2.17. The minimum absolute atomic E-state index is 0.166. The molecule has 114 valence electrons. The Hall–Kier alpha value is -2.82. The number of amides is 1. The van der Waals surface area contributed by atoms with Crippen LogP contribution >= 0.6 is 0 Å². The number of methoxy groups -OCH3 is 1. The van der Waals surface area contributed by atoms with Crippen LogP contribution in [0.15, 0.2) is 53.7 Å². The third-order valence-corrected chi connectivity index (χ3v) is 2.93. The number of oxime groups is 1. The fraction of sp³-hybridized carbons (Fsp3) is 0.176. The Morgan fingerprint density at radius 2 is 1.91 bits per heavy atom. The van der Waals surface area contributed by atoms with Crippen LogP contribution in [0, 0.1) is 6.92 Å². The van der Waals surface area contributed by atoms with Crippen molar-refractivity contribution in [3.63, 3.8) is 0 Å². The van der Waals surface area contributed by atoms with Gasteiger partial charge in [-0.15, -0.1) is 0 Å². The molecule has 2 aromatic carbocycles. The number of benzene rings is 2. The van der Waals surface area contributed by atoms with Gasteiger partial charge in [-0.3, -0.25) is 4.79 Å². The Morgan fingerprint density at radius 1 is 1.18 bits per heavy atom. The molecule has 0 spiro atoms. The van der Waals surface area contributed by atoms with Crippen molar-refractivity contribution in [2.45, 2.75) is 6.92 Å². The van der Waals surface area contributed by atoms with Crippen LogP contribution < -0.4 is 10.1 Å². The zero-order chi connectivity index (χ0) is 15.8. The Balaban J connectivity index is 1.81. The molecule has 0 saturated carbocycles. The SMILES string of the molecule is COc1ccccc1NC(=O)CO/N=C\c1ccc(C)cc1. The fourth-order valence-corrected chi connectivity index (χ4v) is 1.78. The van der Waals surface area contributed by atoms with Crippen molar-refractivity contribution in [3.05, 3.63) is 59.7 Å². The van der Waals surface area contributed by atoms with Crippen LogP contribution in [0.25, 0.3) is 0 Å². The van der Waals surface area contributed by atoms with Gasteiger partial charge in [0.05, 0.1) is 19.0 Å². The summed E-state index contributed by atoms with van der Waals surface area (Å²) in [6, 6.07) is 15.0. The molecule has 0 radical (unpaired) electrons. The fourth-order valence-electron chi connectivity index (χ4n) is 1.78. The molecule has 0 atom stereocenters. The summed E-state index contributed by atoms with van der Waals surface area (Å²) in [4.78, 5) is 16.8. The second kappa shape index (κ2) is 7.83. The number of para-hydroxylation sites is 2. The monoisotopic (exact) mass is 298 g/mol. The first-order valence-corrected chi connectivity index (χ1v) is 6.84. The first-order valence-electron chi connectivity index (χ1n) is 6.84. The molecule has 0 aliphatic heterocycles. The van der Waals surface area contributed by atoms with Crippen LogP contribution in [-0.4, -0.2) is 25.8 Å². The smallest absolute Gasteiger partial charge is 0.265 e. The van der Waals surface area contributed by atoms with E-state index in [9.17, 15) is 4.79 Å². The summed E-state index contributed by atoms with van der Waals surface area (Å²) in [5, 5.41) is 6.48. The van der Waals surface area contributed by atoms with E-state index >= 15 is 0 Å². The largest absolute Gasteiger partial charge is 0.495 e. The zero-order valence-electron chi connectivity index (χ0n) is 12.6. The molecule has 0 bridgehead atoms. The second-order valence-corrected chi connectivity index (χ2v) is 4.67. The van der Waals surface area contributed by atoms with Gasteiger partial charge in [-0.25, -0.2) is 0 Å². The van der Waals surface area contributed by atoms with Gasteiger partial charge in [-0.2, -0.15) is 0 Å². The molecule has 0 aliphatic carbocycles. The number of aryl methyl sites for hydroxylation is 1. The highest BCUT2D eigenvalue weighted by molar-refractivity contribution is 5.93. The molecule has 0 saturated heterocycles. The van der Waals surface area contributed by atoms with Crippen LogP contribution in [-0.2, 0) is 9.63 Å². The van der Waals surface area contributed by atoms with Crippen molar-refractivity contribution < 1.29 is 14.4 Å². The molecule has 1 amide bonds. The van der Waals surface area contributed by atoms with Gasteiger partial charge in [0.15, 0.2) is 6.61 Å². The lowest BCUT2D eigenvalue weighted by Gasteiger charge is -2.08. The molecule has 0 aromatic heterocycles. The number of nitrogens with one attached hydrogen (secondary N) is 1. The number of ether oxygens (including phenoxy) is 1. The van der Waals surface area contributed by atoms with Crippen LogP contribution in [0.1, 0.15) is 11.1 Å². The quantitative estimate of drug-likeness (QED) is 0.659. The molecule has 2 aromatic rings. The average Bonchev–Trinajstić information content (AvgIpc) is 2.54. The summed E-state index contributed by atoms with van der Waals surface area (Å²) >= 11 is 0. The number of rotatable bonds is 6. The molecule has 1 N–H and O–H groups in total. The van der Waals surface area contributed by atoms with Gasteiger partial charge < -0.3 is 14.9 Å². The van der Waals surface area contributed by atoms with Gasteiger partial charge in [0.25, 0.3) is 5.91 Å². The van der Waals surface area contributed by atoms with Crippen molar-refractivity contribution in [3.8, 4) is 5.75 Å². The van der Waals surface area contributed by atoms with Gasteiger partial charge >= 0.3 is 0 Å². The normalized spacial score (nSPS) is 10.5. The summed E-state index contributed by atoms with van der Waals surface area (Å²) in [7, 11) is 1.55. The van der Waals surface area contributed by atoms with E-state index in [4.69, 9.17) is 9.57 Å². The molecule has 22 heavy (non-hydrogen) atoms. The number of nitrogens with zero attached hydrogens (tertiary/aromatic N) is 1. The lowest BCUT2D eigenvalue weighted by molar-refractivity contribution is -0.120. The van der Waals surface area contributed by atoms with Crippen LogP contribution in [0.4, 0.5) is 5.69 Å². The highest BCUT2D eigenvalue weighted by Crippen LogP contribution is 2.22. The van der Waals surface area contributed by atoms with Crippen LogP contribution in [0.5, 0.6) is 5.75 Å². The van der Waals surface area contributed by atoms with Gasteiger partial charge in [-0.1, -0.05) is 47.1 Å². The predicted molar refractivity (Wildman–Crippen MR) is 86.3 cm³/mol. The van der Waals surface area contributed by atoms with E-state index in [-0.39, 0.29) is 12.5 Å². The van der Waals surface area contributed by atoms with E-state index in [0.717, 1.165) is 5.56 Å². The topological polar surface area (TPSA) is 59.9 Å². The zero-order valence-corrected chi connectivity index (χ0v) is 12.6.